The molecule has 180 valence electrons. The second-order valence-electron chi connectivity index (χ2n) is 8.15. The summed E-state index contributed by atoms with van der Waals surface area (Å²) in [5, 5.41) is 0.895. The first-order valence-corrected chi connectivity index (χ1v) is 11.0. The normalized spacial score (nSPS) is 10.7. The Morgan fingerprint density at radius 3 is 2.34 bits per heavy atom. The maximum atomic E-state index is 13.8. The highest BCUT2D eigenvalue weighted by Gasteiger charge is 2.23. The molecule has 0 aliphatic heterocycles. The lowest BCUT2D eigenvalue weighted by atomic mass is 10.1. The van der Waals surface area contributed by atoms with Crippen molar-refractivity contribution in [3.63, 3.8) is 0 Å². The number of rotatable bonds is 8. The molecule has 1 N–H and O–H groups in total. The van der Waals surface area contributed by atoms with Gasteiger partial charge in [0, 0.05) is 35.6 Å². The molecule has 4 aromatic rings. The third kappa shape index (κ3) is 5.11. The smallest absolute Gasteiger partial charge is 0.254 e. The number of hydrogen-bond donors (Lipinski definition) is 1. The highest BCUT2D eigenvalue weighted by molar-refractivity contribution is 5.95. The monoisotopic (exact) mass is 473 g/mol. The second-order valence-corrected chi connectivity index (χ2v) is 8.15. The number of aromatic nitrogens is 2. The third-order valence-electron chi connectivity index (χ3n) is 5.73. The Labute approximate surface area is 203 Å². The summed E-state index contributed by atoms with van der Waals surface area (Å²) in [6.45, 7) is 2.33. The Morgan fingerprint density at radius 1 is 0.971 bits per heavy atom. The zero-order valence-electron chi connectivity index (χ0n) is 20.1. The van der Waals surface area contributed by atoms with E-state index in [1.54, 1.807) is 29.4 Å². The average molecular weight is 474 g/mol. The summed E-state index contributed by atoms with van der Waals surface area (Å²) in [6, 6.07) is 14.6. The van der Waals surface area contributed by atoms with E-state index in [1.807, 2.05) is 43.3 Å². The zero-order valence-corrected chi connectivity index (χ0v) is 20.1. The first-order chi connectivity index (χ1) is 16.9. The number of aryl methyl sites for hydroxylation is 1. The van der Waals surface area contributed by atoms with Crippen LogP contribution < -0.4 is 19.8 Å². The fourth-order valence-electron chi connectivity index (χ4n) is 3.98. The summed E-state index contributed by atoms with van der Waals surface area (Å²) in [7, 11) is 4.49. The molecule has 0 saturated heterocycles. The predicted molar refractivity (Wildman–Crippen MR) is 133 cm³/mol. The number of methoxy groups -OCH3 is 3. The number of H-pyrrole nitrogens is 1. The van der Waals surface area contributed by atoms with Crippen LogP contribution in [0.4, 0.5) is 0 Å². The van der Waals surface area contributed by atoms with Crippen molar-refractivity contribution in [2.75, 3.05) is 21.3 Å². The third-order valence-corrected chi connectivity index (χ3v) is 5.73. The molecule has 2 aromatic carbocycles. The van der Waals surface area contributed by atoms with Crippen LogP contribution in [-0.2, 0) is 13.1 Å². The number of fused-ring (bicyclic) bond motifs is 1. The van der Waals surface area contributed by atoms with Crippen LogP contribution in [0.1, 0.15) is 27.0 Å². The van der Waals surface area contributed by atoms with Gasteiger partial charge in [-0.2, -0.15) is 0 Å². The summed E-state index contributed by atoms with van der Waals surface area (Å²) in [5.41, 5.74) is 3.23. The van der Waals surface area contributed by atoms with E-state index in [0.717, 1.165) is 22.0 Å². The Bertz CT molecular complexity index is 1390. The number of hydrogen-bond acceptors (Lipinski definition) is 6. The van der Waals surface area contributed by atoms with E-state index < -0.39 is 0 Å². The van der Waals surface area contributed by atoms with Crippen LogP contribution in [0, 0.1) is 6.92 Å². The summed E-state index contributed by atoms with van der Waals surface area (Å²) >= 11 is 0. The van der Waals surface area contributed by atoms with E-state index in [1.165, 1.54) is 21.3 Å². The predicted octanol–water partition coefficient (Wildman–Crippen LogP) is 4.10. The summed E-state index contributed by atoms with van der Waals surface area (Å²) in [6.07, 6.45) is 3.37. The topological polar surface area (TPSA) is 93.8 Å². The molecule has 0 aliphatic rings. The molecule has 35 heavy (non-hydrogen) atoms. The second kappa shape index (κ2) is 10.3. The van der Waals surface area contributed by atoms with Crippen LogP contribution in [0.5, 0.6) is 17.2 Å². The quantitative estimate of drug-likeness (QED) is 0.414. The number of nitrogens with one attached hydrogen (secondary N) is 1. The van der Waals surface area contributed by atoms with Gasteiger partial charge in [0.1, 0.15) is 0 Å². The fourth-order valence-corrected chi connectivity index (χ4v) is 3.98. The molecule has 0 bridgehead atoms. The van der Waals surface area contributed by atoms with Gasteiger partial charge < -0.3 is 24.1 Å². The van der Waals surface area contributed by atoms with E-state index in [9.17, 15) is 9.59 Å². The van der Waals surface area contributed by atoms with Crippen molar-refractivity contribution in [1.82, 2.24) is 14.9 Å². The molecule has 0 fully saturated rings. The van der Waals surface area contributed by atoms with Crippen molar-refractivity contribution >= 4 is 16.8 Å². The van der Waals surface area contributed by atoms with Gasteiger partial charge >= 0.3 is 0 Å². The van der Waals surface area contributed by atoms with Crippen molar-refractivity contribution in [2.45, 2.75) is 20.0 Å². The maximum absolute atomic E-state index is 13.8. The van der Waals surface area contributed by atoms with Crippen molar-refractivity contribution in [3.8, 4) is 17.2 Å². The molecule has 8 nitrogen and oxygen atoms in total. The molecule has 2 heterocycles. The van der Waals surface area contributed by atoms with Gasteiger partial charge in [0.25, 0.3) is 11.5 Å². The molecular weight excluding hydrogens is 446 g/mol. The van der Waals surface area contributed by atoms with Crippen molar-refractivity contribution < 1.29 is 19.0 Å². The number of pyridine rings is 2. The standard InChI is InChI=1S/C27H27N3O5/c1-17-7-8-19-11-21(26(31)29-22(19)10-17)16-30(15-18-6-5-9-28-14-18)27(32)20-12-23(33-2)25(35-4)24(13-20)34-3/h5-14H,15-16H2,1-4H3,(H,29,31). The lowest BCUT2D eigenvalue weighted by molar-refractivity contribution is 0.0728. The van der Waals surface area contributed by atoms with Gasteiger partial charge in [0.2, 0.25) is 5.75 Å². The van der Waals surface area contributed by atoms with E-state index in [-0.39, 0.29) is 24.6 Å². The Morgan fingerprint density at radius 2 is 1.71 bits per heavy atom. The van der Waals surface area contributed by atoms with E-state index in [2.05, 4.69) is 9.97 Å². The van der Waals surface area contributed by atoms with Gasteiger partial charge in [-0.1, -0.05) is 18.2 Å². The first-order valence-electron chi connectivity index (χ1n) is 11.0. The summed E-state index contributed by atoms with van der Waals surface area (Å²) < 4.78 is 16.2. The number of carbonyl (C=O) groups excluding carboxylic acids is 1. The lowest BCUT2D eigenvalue weighted by Gasteiger charge is -2.24. The van der Waals surface area contributed by atoms with Gasteiger partial charge in [0.05, 0.1) is 27.9 Å². The molecule has 8 heteroatoms. The highest BCUT2D eigenvalue weighted by atomic mass is 16.5. The molecule has 1 amide bonds. The van der Waals surface area contributed by atoms with Crippen LogP contribution >= 0.6 is 0 Å². The minimum Gasteiger partial charge on any atom is -0.493 e. The van der Waals surface area contributed by atoms with Gasteiger partial charge in [-0.25, -0.2) is 0 Å². The number of benzene rings is 2. The van der Waals surface area contributed by atoms with Crippen molar-refractivity contribution in [3.05, 3.63) is 93.5 Å². The fraction of sp³-hybridized carbons (Fsp3) is 0.222. The van der Waals surface area contributed by atoms with Crippen LogP contribution in [0.2, 0.25) is 0 Å². The van der Waals surface area contributed by atoms with Gasteiger partial charge in [-0.3, -0.25) is 14.6 Å². The first kappa shape index (κ1) is 23.8. The molecule has 2 aromatic heterocycles. The zero-order chi connectivity index (χ0) is 24.9. The van der Waals surface area contributed by atoms with Crippen LogP contribution in [-0.4, -0.2) is 42.1 Å². The number of nitrogens with zero attached hydrogens (tertiary/aromatic N) is 2. The lowest BCUT2D eigenvalue weighted by Crippen LogP contribution is -2.32. The Balaban J connectivity index is 1.76. The Hall–Kier alpha value is -4.33. The van der Waals surface area contributed by atoms with E-state index >= 15 is 0 Å². The van der Waals surface area contributed by atoms with Crippen LogP contribution in [0.15, 0.2) is 65.7 Å². The van der Waals surface area contributed by atoms with Gasteiger partial charge in [-0.15, -0.1) is 0 Å². The molecule has 0 unspecified atom stereocenters. The molecule has 0 radical (unpaired) electrons. The minimum atomic E-state index is -0.295. The number of ether oxygens (including phenoxy) is 3. The van der Waals surface area contributed by atoms with Gasteiger partial charge in [-0.05, 0) is 53.8 Å². The average Bonchev–Trinajstić information content (AvgIpc) is 2.88. The Kier molecular flexibility index (Phi) is 7.01. The molecule has 4 rings (SSSR count). The van der Waals surface area contributed by atoms with Gasteiger partial charge in [0.15, 0.2) is 11.5 Å². The molecule has 0 atom stereocenters. The van der Waals surface area contributed by atoms with Crippen LogP contribution in [0.25, 0.3) is 10.9 Å². The SMILES string of the molecule is COc1cc(C(=O)N(Cc2cccnc2)Cc2cc3ccc(C)cc3[nH]c2=O)cc(OC)c1OC. The summed E-state index contributed by atoms with van der Waals surface area (Å²) in [5.74, 6) is 0.842. The highest BCUT2D eigenvalue weighted by Crippen LogP contribution is 2.38. The molecular formula is C27H27N3O5. The van der Waals surface area contributed by atoms with E-state index in [4.69, 9.17) is 14.2 Å². The summed E-state index contributed by atoms with van der Waals surface area (Å²) in [4.78, 5) is 35.4. The maximum Gasteiger partial charge on any atom is 0.254 e. The van der Waals surface area contributed by atoms with Crippen LogP contribution in [0.3, 0.4) is 0 Å². The van der Waals surface area contributed by atoms with E-state index in [0.29, 0.717) is 28.4 Å². The number of aromatic amines is 1. The largest absolute Gasteiger partial charge is 0.493 e. The van der Waals surface area contributed by atoms with Crippen molar-refractivity contribution in [1.29, 1.82) is 0 Å². The number of amides is 1. The molecule has 0 spiro atoms. The number of carbonyl (C=O) groups is 1. The molecule has 0 saturated carbocycles. The molecule has 0 aliphatic carbocycles. The minimum absolute atomic E-state index is 0.101. The van der Waals surface area contributed by atoms with Crippen molar-refractivity contribution in [2.24, 2.45) is 0 Å².